The van der Waals surface area contributed by atoms with E-state index in [4.69, 9.17) is 4.74 Å². The van der Waals surface area contributed by atoms with Gasteiger partial charge in [-0.15, -0.1) is 0 Å². The number of para-hydroxylation sites is 1. The van der Waals surface area contributed by atoms with Gasteiger partial charge in [0.15, 0.2) is 0 Å². The summed E-state index contributed by atoms with van der Waals surface area (Å²) in [6.07, 6.45) is -3.77. The molecule has 0 unspecified atom stereocenters. The second-order valence-electron chi connectivity index (χ2n) is 6.78. The third-order valence-electron chi connectivity index (χ3n) is 4.73. The van der Waals surface area contributed by atoms with Crippen LogP contribution >= 0.6 is 0 Å². The van der Waals surface area contributed by atoms with E-state index in [-0.39, 0.29) is 11.6 Å². The van der Waals surface area contributed by atoms with Gasteiger partial charge in [0.1, 0.15) is 5.75 Å². The predicted molar refractivity (Wildman–Crippen MR) is 104 cm³/mol. The fourth-order valence-corrected chi connectivity index (χ4v) is 4.88. The minimum Gasteiger partial charge on any atom is -0.493 e. The molecule has 0 saturated carbocycles. The lowest BCUT2D eigenvalue weighted by molar-refractivity contribution is -0.139. The van der Waals surface area contributed by atoms with E-state index in [1.807, 2.05) is 0 Å². The first-order valence-corrected chi connectivity index (χ1v) is 10.9. The maximum atomic E-state index is 13.8. The maximum absolute atomic E-state index is 13.8. The summed E-state index contributed by atoms with van der Waals surface area (Å²) in [6, 6.07) is 9.59. The van der Waals surface area contributed by atoms with Crippen LogP contribution in [0.4, 0.5) is 13.2 Å². The number of piperidine rings is 1. The van der Waals surface area contributed by atoms with E-state index in [1.165, 1.54) is 6.07 Å². The van der Waals surface area contributed by atoms with Gasteiger partial charge in [-0.1, -0.05) is 24.3 Å². The second kappa shape index (κ2) is 8.73. The highest BCUT2D eigenvalue weighted by Gasteiger charge is 2.38. The van der Waals surface area contributed by atoms with Crippen LogP contribution in [0.1, 0.15) is 25.3 Å². The van der Waals surface area contributed by atoms with Crippen molar-refractivity contribution in [2.75, 3.05) is 19.7 Å². The molecule has 0 spiro atoms. The lowest BCUT2D eigenvalue weighted by Crippen LogP contribution is -2.43. The van der Waals surface area contributed by atoms with E-state index >= 15 is 0 Å². The van der Waals surface area contributed by atoms with Crippen molar-refractivity contribution < 1.29 is 26.3 Å². The van der Waals surface area contributed by atoms with Crippen LogP contribution in [0.3, 0.4) is 0 Å². The van der Waals surface area contributed by atoms with Gasteiger partial charge in [-0.05, 0) is 56.6 Å². The molecule has 1 aliphatic heterocycles. The quantitative estimate of drug-likeness (QED) is 0.735. The molecule has 0 aliphatic carbocycles. The Bertz CT molecular complexity index is 956. The zero-order valence-electron chi connectivity index (χ0n) is 15.9. The Kier molecular flexibility index (Phi) is 6.50. The zero-order valence-corrected chi connectivity index (χ0v) is 16.7. The zero-order chi connectivity index (χ0) is 21.1. The van der Waals surface area contributed by atoms with Crippen LogP contribution < -0.4 is 14.8 Å². The predicted octanol–water partition coefficient (Wildman–Crippen LogP) is 3.80. The highest BCUT2D eigenvalue weighted by Crippen LogP contribution is 2.39. The number of halogens is 3. The van der Waals surface area contributed by atoms with Crippen LogP contribution in [0.15, 0.2) is 47.4 Å². The Morgan fingerprint density at radius 1 is 1.14 bits per heavy atom. The Morgan fingerprint density at radius 2 is 1.83 bits per heavy atom. The molecule has 5 nitrogen and oxygen atoms in total. The van der Waals surface area contributed by atoms with Crippen molar-refractivity contribution in [2.45, 2.75) is 36.9 Å². The first-order valence-electron chi connectivity index (χ1n) is 9.39. The Hall–Kier alpha value is -2.10. The molecular weight excluding hydrogens is 405 g/mol. The van der Waals surface area contributed by atoms with Crippen LogP contribution in [-0.2, 0) is 16.2 Å². The minimum atomic E-state index is -4.82. The van der Waals surface area contributed by atoms with Gasteiger partial charge in [0.05, 0.1) is 17.1 Å². The van der Waals surface area contributed by atoms with Crippen LogP contribution in [-0.4, -0.2) is 34.2 Å². The van der Waals surface area contributed by atoms with Crippen LogP contribution in [0.25, 0.3) is 11.1 Å². The van der Waals surface area contributed by atoms with Crippen molar-refractivity contribution in [3.05, 3.63) is 48.0 Å². The monoisotopic (exact) mass is 428 g/mol. The lowest BCUT2D eigenvalue weighted by Gasteiger charge is -2.24. The van der Waals surface area contributed by atoms with Gasteiger partial charge < -0.3 is 10.1 Å². The Labute approximate surface area is 168 Å². The molecule has 158 valence electrons. The number of hydrogen-bond acceptors (Lipinski definition) is 4. The third-order valence-corrected chi connectivity index (χ3v) is 6.31. The van der Waals surface area contributed by atoms with Crippen molar-refractivity contribution >= 4 is 10.0 Å². The molecule has 2 aromatic rings. The van der Waals surface area contributed by atoms with E-state index in [2.05, 4.69) is 10.0 Å². The fraction of sp³-hybridized carbons (Fsp3) is 0.400. The molecule has 0 bridgehead atoms. The molecule has 2 N–H and O–H groups in total. The van der Waals surface area contributed by atoms with Crippen LogP contribution in [0.5, 0.6) is 5.75 Å². The van der Waals surface area contributed by atoms with Gasteiger partial charge in [-0.2, -0.15) is 13.2 Å². The Morgan fingerprint density at radius 3 is 2.48 bits per heavy atom. The number of sulfonamides is 1. The van der Waals surface area contributed by atoms with Crippen LogP contribution in [0, 0.1) is 0 Å². The summed E-state index contributed by atoms with van der Waals surface area (Å²) in [4.78, 5) is -0.763. The average Bonchev–Trinajstić information content (AvgIpc) is 2.68. The van der Waals surface area contributed by atoms with Gasteiger partial charge in [-0.25, -0.2) is 13.1 Å². The molecule has 1 aliphatic rings. The molecule has 2 aromatic carbocycles. The van der Waals surface area contributed by atoms with E-state index in [0.717, 1.165) is 12.1 Å². The summed E-state index contributed by atoms with van der Waals surface area (Å²) in [6.45, 7) is 3.37. The fourth-order valence-electron chi connectivity index (χ4n) is 3.36. The summed E-state index contributed by atoms with van der Waals surface area (Å²) in [5, 5.41) is 3.09. The molecule has 0 radical (unpaired) electrons. The van der Waals surface area contributed by atoms with E-state index in [9.17, 15) is 21.6 Å². The lowest BCUT2D eigenvalue weighted by atomic mass is 10.0. The maximum Gasteiger partial charge on any atom is 0.417 e. The molecule has 1 saturated heterocycles. The average molecular weight is 428 g/mol. The number of rotatable bonds is 6. The molecule has 3 rings (SSSR count). The van der Waals surface area contributed by atoms with Crippen molar-refractivity contribution in [3.63, 3.8) is 0 Å². The number of nitrogens with one attached hydrogen (secondary N) is 2. The Balaban J connectivity index is 2.03. The number of benzene rings is 2. The van der Waals surface area contributed by atoms with E-state index in [0.29, 0.717) is 43.9 Å². The van der Waals surface area contributed by atoms with Gasteiger partial charge in [0, 0.05) is 11.6 Å². The SMILES string of the molecule is CCOc1ccccc1-c1ccc(S(=O)(=O)NC2CCNCC2)c(C(F)(F)F)c1. The number of alkyl halides is 3. The molecule has 1 heterocycles. The second-order valence-corrected chi connectivity index (χ2v) is 8.47. The normalized spacial score (nSPS) is 16.0. The van der Waals surface area contributed by atoms with Crippen molar-refractivity contribution in [3.8, 4) is 16.9 Å². The largest absolute Gasteiger partial charge is 0.493 e. The van der Waals surface area contributed by atoms with Gasteiger partial charge >= 0.3 is 6.18 Å². The standard InChI is InChI=1S/C20H23F3N2O3S/c1-2-28-18-6-4-3-5-16(18)14-7-8-19(17(13-14)20(21,22)23)29(26,27)25-15-9-11-24-12-10-15/h3-8,13,15,24-25H,2,9-12H2,1H3. The molecule has 0 amide bonds. The summed E-state index contributed by atoms with van der Waals surface area (Å²) in [5.41, 5.74) is -0.486. The first-order chi connectivity index (χ1) is 13.7. The molecular formula is C20H23F3N2O3S. The molecule has 0 aromatic heterocycles. The number of hydrogen-bond donors (Lipinski definition) is 2. The van der Waals surface area contributed by atoms with Gasteiger partial charge in [-0.3, -0.25) is 0 Å². The third kappa shape index (κ3) is 5.09. The summed E-state index contributed by atoms with van der Waals surface area (Å²) < 4.78 is 74.7. The molecule has 0 atom stereocenters. The van der Waals surface area contributed by atoms with Crippen molar-refractivity contribution in [2.24, 2.45) is 0 Å². The van der Waals surface area contributed by atoms with E-state index < -0.39 is 26.7 Å². The summed E-state index contributed by atoms with van der Waals surface area (Å²) >= 11 is 0. The van der Waals surface area contributed by atoms with Gasteiger partial charge in [0.2, 0.25) is 10.0 Å². The van der Waals surface area contributed by atoms with Gasteiger partial charge in [0.25, 0.3) is 0 Å². The first kappa shape index (κ1) is 21.6. The molecule has 9 heteroatoms. The topological polar surface area (TPSA) is 67.4 Å². The van der Waals surface area contributed by atoms with E-state index in [1.54, 1.807) is 31.2 Å². The molecule has 1 fully saturated rings. The highest BCUT2D eigenvalue weighted by atomic mass is 32.2. The smallest absolute Gasteiger partial charge is 0.417 e. The minimum absolute atomic E-state index is 0.238. The van der Waals surface area contributed by atoms with Crippen molar-refractivity contribution in [1.29, 1.82) is 0 Å². The highest BCUT2D eigenvalue weighted by molar-refractivity contribution is 7.89. The summed E-state index contributed by atoms with van der Waals surface area (Å²) in [5.74, 6) is 0.437. The van der Waals surface area contributed by atoms with Crippen molar-refractivity contribution in [1.82, 2.24) is 10.0 Å². The van der Waals surface area contributed by atoms with Crippen LogP contribution in [0.2, 0.25) is 0 Å². The number of ether oxygens (including phenoxy) is 1. The molecule has 29 heavy (non-hydrogen) atoms. The summed E-state index contributed by atoms with van der Waals surface area (Å²) in [7, 11) is -4.32.